The molecule has 0 radical (unpaired) electrons. The van der Waals surface area contributed by atoms with Crippen LogP contribution >= 0.6 is 0 Å². The number of methoxy groups -OCH3 is 1. The second-order valence-electron chi connectivity index (χ2n) is 3.20. The van der Waals surface area contributed by atoms with E-state index in [2.05, 4.69) is 5.32 Å². The lowest BCUT2D eigenvalue weighted by atomic mass is 10.2. The van der Waals surface area contributed by atoms with Gasteiger partial charge in [0.15, 0.2) is 11.6 Å². The van der Waals surface area contributed by atoms with E-state index < -0.39 is 5.82 Å². The Morgan fingerprint density at radius 1 is 1.56 bits per heavy atom. The molecule has 86 valence electrons. The van der Waals surface area contributed by atoms with E-state index in [0.717, 1.165) is 0 Å². The van der Waals surface area contributed by atoms with Crippen molar-refractivity contribution in [2.75, 3.05) is 13.7 Å². The SMILES string of the molecule is COc1c(F)cccc1C=CCNC(C)=O. The van der Waals surface area contributed by atoms with Gasteiger partial charge < -0.3 is 10.1 Å². The van der Waals surface area contributed by atoms with Gasteiger partial charge in [0.05, 0.1) is 7.11 Å². The fourth-order valence-electron chi connectivity index (χ4n) is 1.26. The van der Waals surface area contributed by atoms with Crippen LogP contribution in [0.15, 0.2) is 24.3 Å². The van der Waals surface area contributed by atoms with E-state index in [1.54, 1.807) is 24.3 Å². The second kappa shape index (κ2) is 5.90. The van der Waals surface area contributed by atoms with Gasteiger partial charge in [-0.1, -0.05) is 24.3 Å². The van der Waals surface area contributed by atoms with E-state index in [4.69, 9.17) is 4.74 Å². The molecule has 3 nitrogen and oxygen atoms in total. The minimum Gasteiger partial charge on any atom is -0.493 e. The highest BCUT2D eigenvalue weighted by Gasteiger charge is 2.04. The zero-order chi connectivity index (χ0) is 12.0. The van der Waals surface area contributed by atoms with Crippen LogP contribution in [0, 0.1) is 5.82 Å². The Labute approximate surface area is 93.9 Å². The van der Waals surface area contributed by atoms with Crippen molar-refractivity contribution in [3.63, 3.8) is 0 Å². The number of rotatable bonds is 4. The van der Waals surface area contributed by atoms with Crippen LogP contribution in [0.4, 0.5) is 4.39 Å². The van der Waals surface area contributed by atoms with Crippen molar-refractivity contribution < 1.29 is 13.9 Å². The van der Waals surface area contributed by atoms with Crippen LogP contribution in [0.25, 0.3) is 6.08 Å². The van der Waals surface area contributed by atoms with E-state index >= 15 is 0 Å². The minimum absolute atomic E-state index is 0.101. The summed E-state index contributed by atoms with van der Waals surface area (Å²) in [4.78, 5) is 10.6. The van der Waals surface area contributed by atoms with Gasteiger partial charge in [0, 0.05) is 19.0 Å². The van der Waals surface area contributed by atoms with Crippen molar-refractivity contribution in [1.29, 1.82) is 0 Å². The van der Waals surface area contributed by atoms with Crippen molar-refractivity contribution in [3.8, 4) is 5.75 Å². The third-order valence-electron chi connectivity index (χ3n) is 1.97. The molecule has 0 bridgehead atoms. The van der Waals surface area contributed by atoms with Crippen LogP contribution in [0.1, 0.15) is 12.5 Å². The summed E-state index contributed by atoms with van der Waals surface area (Å²) in [6, 6.07) is 4.69. The highest BCUT2D eigenvalue weighted by Crippen LogP contribution is 2.23. The first kappa shape index (κ1) is 12.2. The summed E-state index contributed by atoms with van der Waals surface area (Å²) in [7, 11) is 1.42. The van der Waals surface area contributed by atoms with Gasteiger partial charge >= 0.3 is 0 Å². The number of hydrogen-bond donors (Lipinski definition) is 1. The number of benzene rings is 1. The number of halogens is 1. The molecular weight excluding hydrogens is 209 g/mol. The number of ether oxygens (including phenoxy) is 1. The van der Waals surface area contributed by atoms with Gasteiger partial charge in [-0.05, 0) is 6.07 Å². The number of carbonyl (C=O) groups is 1. The summed E-state index contributed by atoms with van der Waals surface area (Å²) >= 11 is 0. The lowest BCUT2D eigenvalue weighted by Crippen LogP contribution is -2.19. The summed E-state index contributed by atoms with van der Waals surface area (Å²) in [5.74, 6) is -0.290. The summed E-state index contributed by atoms with van der Waals surface area (Å²) in [5.41, 5.74) is 0.646. The maximum Gasteiger partial charge on any atom is 0.217 e. The molecule has 4 heteroatoms. The summed E-state index contributed by atoms with van der Waals surface area (Å²) in [5, 5.41) is 2.61. The lowest BCUT2D eigenvalue weighted by Gasteiger charge is -2.05. The number of nitrogens with one attached hydrogen (secondary N) is 1. The Hall–Kier alpha value is -1.84. The van der Waals surface area contributed by atoms with Gasteiger partial charge in [-0.2, -0.15) is 0 Å². The van der Waals surface area contributed by atoms with Crippen molar-refractivity contribution >= 4 is 12.0 Å². The smallest absolute Gasteiger partial charge is 0.217 e. The number of para-hydroxylation sites is 1. The normalized spacial score (nSPS) is 10.4. The van der Waals surface area contributed by atoms with Crippen LogP contribution in [-0.4, -0.2) is 19.6 Å². The second-order valence-corrected chi connectivity index (χ2v) is 3.20. The molecule has 0 saturated carbocycles. The van der Waals surface area contributed by atoms with E-state index in [0.29, 0.717) is 12.1 Å². The van der Waals surface area contributed by atoms with Crippen molar-refractivity contribution in [1.82, 2.24) is 5.32 Å². The van der Waals surface area contributed by atoms with Crippen molar-refractivity contribution in [2.45, 2.75) is 6.92 Å². The van der Waals surface area contributed by atoms with Crippen molar-refractivity contribution in [3.05, 3.63) is 35.7 Å². The number of hydrogen-bond acceptors (Lipinski definition) is 2. The largest absolute Gasteiger partial charge is 0.493 e. The number of amides is 1. The summed E-state index contributed by atoms with van der Waals surface area (Å²) in [6.07, 6.45) is 3.44. The third kappa shape index (κ3) is 3.38. The Kier molecular flexibility index (Phi) is 4.51. The molecule has 1 aromatic carbocycles. The molecule has 0 aliphatic heterocycles. The fourth-order valence-corrected chi connectivity index (χ4v) is 1.26. The van der Waals surface area contributed by atoms with Crippen LogP contribution in [0.5, 0.6) is 5.75 Å². The Morgan fingerprint density at radius 2 is 2.31 bits per heavy atom. The molecule has 0 saturated heterocycles. The Bertz CT molecular complexity index is 402. The molecule has 0 aliphatic rings. The molecule has 16 heavy (non-hydrogen) atoms. The standard InChI is InChI=1S/C12H14FNO2/c1-9(15)14-8-4-6-10-5-3-7-11(13)12(10)16-2/h3-7H,8H2,1-2H3,(H,14,15). The first-order valence-corrected chi connectivity index (χ1v) is 4.88. The molecule has 0 unspecified atom stereocenters. The highest BCUT2D eigenvalue weighted by atomic mass is 19.1. The van der Waals surface area contributed by atoms with Gasteiger partial charge in [0.2, 0.25) is 5.91 Å². The van der Waals surface area contributed by atoms with Crippen LogP contribution < -0.4 is 10.1 Å². The maximum atomic E-state index is 13.3. The molecular formula is C12H14FNO2. The van der Waals surface area contributed by atoms with Gasteiger partial charge in [-0.25, -0.2) is 4.39 Å². The molecule has 0 atom stereocenters. The summed E-state index contributed by atoms with van der Waals surface area (Å²) < 4.78 is 18.2. The fraction of sp³-hybridized carbons (Fsp3) is 0.250. The minimum atomic E-state index is -0.399. The Morgan fingerprint density at radius 3 is 2.94 bits per heavy atom. The summed E-state index contributed by atoms with van der Waals surface area (Å²) in [6.45, 7) is 1.85. The van der Waals surface area contributed by atoms with Gasteiger partial charge in [-0.15, -0.1) is 0 Å². The molecule has 0 aromatic heterocycles. The molecule has 0 aliphatic carbocycles. The van der Waals surface area contributed by atoms with E-state index in [1.807, 2.05) is 0 Å². The molecule has 1 amide bonds. The third-order valence-corrected chi connectivity index (χ3v) is 1.97. The van der Waals surface area contributed by atoms with E-state index in [9.17, 15) is 9.18 Å². The zero-order valence-corrected chi connectivity index (χ0v) is 9.29. The lowest BCUT2D eigenvalue weighted by molar-refractivity contribution is -0.118. The van der Waals surface area contributed by atoms with Gasteiger partial charge in [0.1, 0.15) is 0 Å². The van der Waals surface area contributed by atoms with Crippen LogP contribution in [-0.2, 0) is 4.79 Å². The Balaban J connectivity index is 2.73. The molecule has 0 spiro atoms. The predicted octanol–water partition coefficient (Wildman–Crippen LogP) is 1.98. The zero-order valence-electron chi connectivity index (χ0n) is 9.29. The van der Waals surface area contributed by atoms with Gasteiger partial charge in [-0.3, -0.25) is 4.79 Å². The monoisotopic (exact) mass is 223 g/mol. The van der Waals surface area contributed by atoms with Crippen molar-refractivity contribution in [2.24, 2.45) is 0 Å². The molecule has 1 N–H and O–H groups in total. The van der Waals surface area contributed by atoms with Crippen LogP contribution in [0.3, 0.4) is 0 Å². The predicted molar refractivity (Wildman–Crippen MR) is 60.7 cm³/mol. The maximum absolute atomic E-state index is 13.3. The van der Waals surface area contributed by atoms with Gasteiger partial charge in [0.25, 0.3) is 0 Å². The average molecular weight is 223 g/mol. The first-order chi connectivity index (χ1) is 7.65. The average Bonchev–Trinajstić information content (AvgIpc) is 2.24. The highest BCUT2D eigenvalue weighted by molar-refractivity contribution is 5.73. The molecule has 1 aromatic rings. The van der Waals surface area contributed by atoms with E-state index in [1.165, 1.54) is 20.1 Å². The molecule has 0 heterocycles. The van der Waals surface area contributed by atoms with Crippen LogP contribution in [0.2, 0.25) is 0 Å². The molecule has 0 fully saturated rings. The number of carbonyl (C=O) groups excluding carboxylic acids is 1. The topological polar surface area (TPSA) is 38.3 Å². The quantitative estimate of drug-likeness (QED) is 0.847. The van der Waals surface area contributed by atoms with E-state index in [-0.39, 0.29) is 11.7 Å². The first-order valence-electron chi connectivity index (χ1n) is 4.88. The molecule has 1 rings (SSSR count).